The van der Waals surface area contributed by atoms with Crippen LogP contribution in [0.15, 0.2) is 0 Å². The van der Waals surface area contributed by atoms with Crippen molar-refractivity contribution < 1.29 is 121 Å². The third-order valence-electron chi connectivity index (χ3n) is 0. The molecule has 13 heavy (non-hydrogen) atoms. The van der Waals surface area contributed by atoms with Crippen LogP contribution in [0.1, 0.15) is 9.78 Å². The van der Waals surface area contributed by atoms with Gasteiger partial charge in [0.1, 0.15) is 0 Å². The summed E-state index contributed by atoms with van der Waals surface area (Å²) in [5.41, 5.74) is 0. The summed E-state index contributed by atoms with van der Waals surface area (Å²) in [5.74, 6) is -0.833. The van der Waals surface area contributed by atoms with Crippen molar-refractivity contribution >= 4 is 43.3 Å². The maximum absolute atomic E-state index is 9.00. The molecule has 0 radical (unpaired) electrons. The third-order valence-corrected chi connectivity index (χ3v) is 0. The van der Waals surface area contributed by atoms with Crippen molar-refractivity contribution in [3.63, 3.8) is 0 Å². The van der Waals surface area contributed by atoms with Crippen molar-refractivity contribution in [2.24, 2.45) is 0 Å². The van der Waals surface area contributed by atoms with Gasteiger partial charge in [0.25, 0.3) is 5.97 Å². The number of carboxylic acids is 1. The molecule has 0 aliphatic carbocycles. The SMILES string of the molecule is CC(=O)O.O=P(O)(O)O.[H+].[H+].[Na+].[Na+].[Na+].[NaH]. The molecule has 0 aliphatic rings. The maximum atomic E-state index is 9.00. The Morgan fingerprint density at radius 1 is 1.15 bits per heavy atom. The van der Waals surface area contributed by atoms with E-state index in [1.54, 1.807) is 0 Å². The van der Waals surface area contributed by atoms with E-state index in [1.165, 1.54) is 0 Å². The van der Waals surface area contributed by atoms with E-state index >= 15 is 0 Å². The molecule has 0 rings (SSSR count). The van der Waals surface area contributed by atoms with E-state index < -0.39 is 13.8 Å². The Balaban J connectivity index is -0.00000000785. The molecule has 0 saturated carbocycles. The van der Waals surface area contributed by atoms with E-state index in [1.807, 2.05) is 0 Å². The van der Waals surface area contributed by atoms with E-state index in [0.29, 0.717) is 0 Å². The Bertz CT molecular complexity index is 131. The molecule has 0 unspecified atom stereocenters. The van der Waals surface area contributed by atoms with E-state index in [-0.39, 0.29) is 121 Å². The average Bonchev–Trinajstić information content (AvgIpc) is 1.19. The quantitative estimate of drug-likeness (QED) is 0.252. The summed E-state index contributed by atoms with van der Waals surface area (Å²) in [4.78, 5) is 30.6. The molecule has 4 N–H and O–H groups in total. The van der Waals surface area contributed by atoms with Gasteiger partial charge in [0.05, 0.1) is 0 Å². The Morgan fingerprint density at radius 3 is 1.15 bits per heavy atom. The second-order valence-electron chi connectivity index (χ2n) is 1.03. The summed E-state index contributed by atoms with van der Waals surface area (Å²) in [5, 5.41) is 7.42. The fourth-order valence-corrected chi connectivity index (χ4v) is 0. The van der Waals surface area contributed by atoms with E-state index in [2.05, 4.69) is 0 Å². The fourth-order valence-electron chi connectivity index (χ4n) is 0. The van der Waals surface area contributed by atoms with Gasteiger partial charge in [-0.1, -0.05) is 0 Å². The van der Waals surface area contributed by atoms with Crippen molar-refractivity contribution in [1.29, 1.82) is 0 Å². The van der Waals surface area contributed by atoms with Crippen LogP contribution in [0, 0.1) is 0 Å². The van der Waals surface area contributed by atoms with E-state index in [0.717, 1.165) is 6.92 Å². The van der Waals surface area contributed by atoms with Crippen molar-refractivity contribution in [3.05, 3.63) is 0 Å². The number of carboxylic acid groups (broad SMARTS) is 1. The normalized spacial score (nSPS) is 6.46. The second-order valence-corrected chi connectivity index (χ2v) is 2.06. The molecule has 0 amide bonds. The van der Waals surface area contributed by atoms with Gasteiger partial charge in [0, 0.05) is 6.92 Å². The number of hydrogen-bond donors (Lipinski definition) is 4. The van der Waals surface area contributed by atoms with Crippen molar-refractivity contribution in [2.45, 2.75) is 6.92 Å². The molecule has 0 spiro atoms. The van der Waals surface area contributed by atoms with E-state index in [4.69, 9.17) is 29.1 Å². The molecule has 0 bridgehead atoms. The van der Waals surface area contributed by atoms with Crippen LogP contribution in [0.4, 0.5) is 0 Å². The molecular formula is C2H10Na4O6P+5. The first-order chi connectivity index (χ1) is 3.73. The molecule has 0 saturated heterocycles. The summed E-state index contributed by atoms with van der Waals surface area (Å²) in [6.07, 6.45) is 0. The third kappa shape index (κ3) is 224. The Labute approximate surface area is 168 Å². The predicted molar refractivity (Wildman–Crippen MR) is 36.9 cm³/mol. The zero-order valence-electron chi connectivity index (χ0n) is 9.55. The monoisotopic (exact) mass is 253 g/mol. The Hall–Kier alpha value is 3.58. The zero-order chi connectivity index (χ0) is 8.08. The van der Waals surface area contributed by atoms with Gasteiger partial charge in [0.15, 0.2) is 0 Å². The van der Waals surface area contributed by atoms with Gasteiger partial charge in [0.2, 0.25) is 0 Å². The van der Waals surface area contributed by atoms with Gasteiger partial charge < -0.3 is 19.8 Å². The summed E-state index contributed by atoms with van der Waals surface area (Å²) in [7, 11) is -4.64. The van der Waals surface area contributed by atoms with Gasteiger partial charge >= 0.3 is 129 Å². The molecule has 6 nitrogen and oxygen atoms in total. The molecule has 11 heteroatoms. The number of phosphoric acid groups is 1. The topological polar surface area (TPSA) is 115 Å². The molecule has 0 aliphatic heterocycles. The fraction of sp³-hybridized carbons (Fsp3) is 0.500. The van der Waals surface area contributed by atoms with Crippen LogP contribution in [0.2, 0.25) is 0 Å². The molecule has 58 valence electrons. The molecule has 0 aromatic carbocycles. The summed E-state index contributed by atoms with van der Waals surface area (Å²) in [6.45, 7) is 1.08. The molecule has 0 aromatic heterocycles. The molecule has 0 atom stereocenters. The van der Waals surface area contributed by atoms with Gasteiger partial charge in [-0.25, -0.2) is 4.57 Å². The van der Waals surface area contributed by atoms with Gasteiger partial charge in [-0.15, -0.1) is 0 Å². The first-order valence-electron chi connectivity index (χ1n) is 1.71. The van der Waals surface area contributed by atoms with Gasteiger partial charge in [-0.3, -0.25) is 4.79 Å². The number of carbonyl (C=O) groups is 1. The average molecular weight is 253 g/mol. The van der Waals surface area contributed by atoms with E-state index in [9.17, 15) is 0 Å². The first kappa shape index (κ1) is 36.0. The van der Waals surface area contributed by atoms with Crippen molar-refractivity contribution in [1.82, 2.24) is 0 Å². The van der Waals surface area contributed by atoms with Crippen LogP contribution < -0.4 is 88.7 Å². The second kappa shape index (κ2) is 20.9. The molecule has 0 aromatic rings. The number of rotatable bonds is 0. The van der Waals surface area contributed by atoms with Crippen LogP contribution in [-0.2, 0) is 9.36 Å². The minimum absolute atomic E-state index is 0. The standard InChI is InChI=1S/C2H4O2.4Na.H3O4P.H/c1-2(3)4;;;;;1-5(2,3)4;/h1H3,(H,3,4);;;;;(H3,1,2,3,4);/q;;3*+1;;/p+2. The summed E-state index contributed by atoms with van der Waals surface area (Å²) < 4.78 is 8.88. The zero-order valence-corrected chi connectivity index (χ0v) is 14.4. The van der Waals surface area contributed by atoms with Gasteiger partial charge in [-0.05, 0) is 0 Å². The van der Waals surface area contributed by atoms with Crippen LogP contribution in [0.3, 0.4) is 0 Å². The molecule has 0 fully saturated rings. The number of hydrogen-bond acceptors (Lipinski definition) is 2. The van der Waals surface area contributed by atoms with Crippen LogP contribution in [0.5, 0.6) is 0 Å². The van der Waals surface area contributed by atoms with Gasteiger partial charge in [-0.2, -0.15) is 0 Å². The summed E-state index contributed by atoms with van der Waals surface area (Å²) >= 11 is 0. The Morgan fingerprint density at radius 2 is 1.15 bits per heavy atom. The van der Waals surface area contributed by atoms with Crippen LogP contribution in [-0.4, -0.2) is 55.3 Å². The van der Waals surface area contributed by atoms with Crippen molar-refractivity contribution in [2.75, 3.05) is 0 Å². The minimum atomic E-state index is -4.64. The molecular weight excluding hydrogens is 243 g/mol. The number of aliphatic carboxylic acids is 1. The Kier molecular flexibility index (Phi) is 57.9. The van der Waals surface area contributed by atoms with Crippen LogP contribution >= 0.6 is 7.82 Å². The predicted octanol–water partition coefficient (Wildman–Crippen LogP) is -10.2. The summed E-state index contributed by atoms with van der Waals surface area (Å²) in [6, 6.07) is 0. The first-order valence-corrected chi connectivity index (χ1v) is 3.28. The molecule has 0 heterocycles. The van der Waals surface area contributed by atoms with Crippen LogP contribution in [0.25, 0.3) is 0 Å². The van der Waals surface area contributed by atoms with Crippen molar-refractivity contribution in [3.8, 4) is 0 Å².